The highest BCUT2D eigenvalue weighted by atomic mass is 79.9. The molecule has 1 amide bonds. The molecule has 0 bridgehead atoms. The van der Waals surface area contributed by atoms with Gasteiger partial charge in [-0.15, -0.1) is 0 Å². The van der Waals surface area contributed by atoms with Crippen LogP contribution in [0.3, 0.4) is 0 Å². The van der Waals surface area contributed by atoms with Gasteiger partial charge in [0.15, 0.2) is 0 Å². The second-order valence-electron chi connectivity index (χ2n) is 8.20. The Bertz CT molecular complexity index is 1580. The normalized spacial score (nSPS) is 10.9. The molecule has 0 spiro atoms. The maximum atomic E-state index is 13.2. The van der Waals surface area contributed by atoms with Crippen LogP contribution in [0.25, 0.3) is 0 Å². The number of aromatic nitrogens is 1. The van der Waals surface area contributed by atoms with Crippen LogP contribution in [0.5, 0.6) is 11.5 Å². The maximum absolute atomic E-state index is 13.2. The number of ether oxygens (including phenoxy) is 2. The molecule has 0 saturated heterocycles. The molecule has 0 fully saturated rings. The van der Waals surface area contributed by atoms with Crippen molar-refractivity contribution in [1.29, 1.82) is 0 Å². The lowest BCUT2D eigenvalue weighted by Gasteiger charge is -2.14. The number of hydrogen-bond acceptors (Lipinski definition) is 7. The quantitative estimate of drug-likeness (QED) is 0.218. The molecule has 0 atom stereocenters. The minimum Gasteiger partial charge on any atom is -0.496 e. The molecule has 3 N–H and O–H groups in total. The summed E-state index contributed by atoms with van der Waals surface area (Å²) in [5.41, 5.74) is 2.70. The molecule has 1 heterocycles. The Kier molecular flexibility index (Phi) is 8.18. The van der Waals surface area contributed by atoms with Gasteiger partial charge < -0.3 is 20.1 Å². The smallest absolute Gasteiger partial charge is 0.265 e. The molecule has 3 aromatic carbocycles. The fourth-order valence-electron chi connectivity index (χ4n) is 3.54. The van der Waals surface area contributed by atoms with E-state index in [4.69, 9.17) is 9.47 Å². The zero-order valence-corrected chi connectivity index (χ0v) is 23.2. The fourth-order valence-corrected chi connectivity index (χ4v) is 5.32. The predicted octanol–water partition coefficient (Wildman–Crippen LogP) is 5.97. The Balaban J connectivity index is 1.54. The lowest BCUT2D eigenvalue weighted by atomic mass is 10.1. The van der Waals surface area contributed by atoms with E-state index in [-0.39, 0.29) is 16.3 Å². The molecule has 11 heteroatoms. The number of carbonyl (C=O) groups is 1. The third kappa shape index (κ3) is 6.42. The molecule has 196 valence electrons. The molecule has 0 aliphatic carbocycles. The van der Waals surface area contributed by atoms with Crippen LogP contribution in [-0.2, 0) is 10.0 Å². The minimum absolute atomic E-state index is 0.125. The van der Waals surface area contributed by atoms with Crippen molar-refractivity contribution in [3.63, 3.8) is 0 Å². The first kappa shape index (κ1) is 27.0. The fraction of sp³-hybridized carbons (Fsp3) is 0.111. The molecular weight excluding hydrogens is 572 g/mol. The van der Waals surface area contributed by atoms with Crippen molar-refractivity contribution in [3.05, 3.63) is 94.6 Å². The van der Waals surface area contributed by atoms with E-state index in [1.54, 1.807) is 48.7 Å². The predicted molar refractivity (Wildman–Crippen MR) is 151 cm³/mol. The van der Waals surface area contributed by atoms with Gasteiger partial charge in [-0.3, -0.25) is 9.52 Å². The largest absolute Gasteiger partial charge is 0.496 e. The number of benzene rings is 3. The molecule has 0 aliphatic heterocycles. The second kappa shape index (κ2) is 11.5. The van der Waals surface area contributed by atoms with E-state index in [0.717, 1.165) is 5.56 Å². The van der Waals surface area contributed by atoms with Crippen molar-refractivity contribution in [1.82, 2.24) is 4.98 Å². The van der Waals surface area contributed by atoms with Gasteiger partial charge in [-0.1, -0.05) is 12.1 Å². The summed E-state index contributed by atoms with van der Waals surface area (Å²) in [6, 6.07) is 19.9. The number of methoxy groups -OCH3 is 2. The van der Waals surface area contributed by atoms with Gasteiger partial charge in [0.25, 0.3) is 15.9 Å². The number of hydrogen-bond donors (Lipinski definition) is 3. The highest BCUT2D eigenvalue weighted by Crippen LogP contribution is 2.32. The van der Waals surface area contributed by atoms with Crippen LogP contribution in [0.4, 0.5) is 22.9 Å². The molecule has 0 saturated carbocycles. The molecular formula is C27H25BrN4O5S. The van der Waals surface area contributed by atoms with Crippen LogP contribution >= 0.6 is 15.9 Å². The summed E-state index contributed by atoms with van der Waals surface area (Å²) in [6.45, 7) is 1.95. The summed E-state index contributed by atoms with van der Waals surface area (Å²) in [7, 11) is -1.18. The monoisotopic (exact) mass is 596 g/mol. The Morgan fingerprint density at radius 3 is 2.29 bits per heavy atom. The zero-order chi connectivity index (χ0) is 27.3. The molecule has 4 aromatic rings. The highest BCUT2D eigenvalue weighted by Gasteiger charge is 2.22. The van der Waals surface area contributed by atoms with Crippen LogP contribution in [0.2, 0.25) is 0 Å². The molecule has 38 heavy (non-hydrogen) atoms. The molecule has 4 rings (SSSR count). The van der Waals surface area contributed by atoms with E-state index in [2.05, 4.69) is 36.3 Å². The number of rotatable bonds is 9. The molecule has 0 aliphatic rings. The molecule has 9 nitrogen and oxygen atoms in total. The van der Waals surface area contributed by atoms with Gasteiger partial charge in [-0.25, -0.2) is 13.4 Å². The van der Waals surface area contributed by atoms with Gasteiger partial charge in [-0.2, -0.15) is 0 Å². The molecule has 0 radical (unpaired) electrons. The number of pyridine rings is 1. The number of carbonyl (C=O) groups excluding carboxylic acids is 1. The number of nitrogens with one attached hydrogen (secondary N) is 3. The van der Waals surface area contributed by atoms with Crippen LogP contribution < -0.4 is 24.8 Å². The van der Waals surface area contributed by atoms with E-state index in [1.165, 1.54) is 26.4 Å². The standard InChI is InChI=1S/C27H25BrN4O5S/c1-17-7-12-26(29-16-17)30-19-6-4-5-18(13-19)27(33)31-20-8-11-24(37-3)25(15-20)38(34,35)32-21-9-10-23(36-2)22(28)14-21/h4-16,32H,1-3H3,(H,29,30)(H,31,33). The van der Waals surface area contributed by atoms with Gasteiger partial charge in [0.1, 0.15) is 22.2 Å². The number of anilines is 4. The lowest BCUT2D eigenvalue weighted by Crippen LogP contribution is -2.16. The maximum Gasteiger partial charge on any atom is 0.265 e. The van der Waals surface area contributed by atoms with Crippen LogP contribution in [0.1, 0.15) is 15.9 Å². The van der Waals surface area contributed by atoms with Gasteiger partial charge >= 0.3 is 0 Å². The first-order valence-corrected chi connectivity index (χ1v) is 13.6. The summed E-state index contributed by atoms with van der Waals surface area (Å²) < 4.78 is 40.0. The number of aryl methyl sites for hydroxylation is 1. The van der Waals surface area contributed by atoms with Crippen molar-refractivity contribution in [3.8, 4) is 11.5 Å². The third-order valence-corrected chi connectivity index (χ3v) is 7.45. The third-order valence-electron chi connectivity index (χ3n) is 5.42. The lowest BCUT2D eigenvalue weighted by molar-refractivity contribution is 0.102. The summed E-state index contributed by atoms with van der Waals surface area (Å²) in [4.78, 5) is 17.2. The number of halogens is 1. The van der Waals surface area contributed by atoms with E-state index < -0.39 is 15.9 Å². The summed E-state index contributed by atoms with van der Waals surface area (Å²) in [5, 5.41) is 5.92. The second-order valence-corrected chi connectivity index (χ2v) is 10.7. The Labute approximate surface area is 229 Å². The average Bonchev–Trinajstić information content (AvgIpc) is 2.90. The van der Waals surface area contributed by atoms with Gasteiger partial charge in [0, 0.05) is 23.1 Å². The summed E-state index contributed by atoms with van der Waals surface area (Å²) >= 11 is 3.35. The zero-order valence-electron chi connectivity index (χ0n) is 20.8. The number of sulfonamides is 1. The van der Waals surface area contributed by atoms with Crippen LogP contribution in [0.15, 0.2) is 88.4 Å². The van der Waals surface area contributed by atoms with Gasteiger partial charge in [0.05, 0.1) is 24.4 Å². The number of amides is 1. The van der Waals surface area contributed by atoms with Crippen molar-refractivity contribution in [2.45, 2.75) is 11.8 Å². The number of nitrogens with zero attached hydrogens (tertiary/aromatic N) is 1. The minimum atomic E-state index is -4.06. The van der Waals surface area contributed by atoms with E-state index in [0.29, 0.717) is 33.0 Å². The Hall–Kier alpha value is -4.09. The molecule has 0 unspecified atom stereocenters. The van der Waals surface area contributed by atoms with E-state index in [9.17, 15) is 13.2 Å². The summed E-state index contributed by atoms with van der Waals surface area (Å²) in [6.07, 6.45) is 1.75. The highest BCUT2D eigenvalue weighted by molar-refractivity contribution is 9.10. The van der Waals surface area contributed by atoms with Gasteiger partial charge in [0.2, 0.25) is 0 Å². The first-order chi connectivity index (χ1) is 18.2. The topological polar surface area (TPSA) is 119 Å². The Morgan fingerprint density at radius 2 is 1.61 bits per heavy atom. The SMILES string of the molecule is COc1ccc(NS(=O)(=O)c2cc(NC(=O)c3cccc(Nc4ccc(C)cn4)c3)ccc2OC)cc1Br. The van der Waals surface area contributed by atoms with Crippen molar-refractivity contribution in [2.75, 3.05) is 29.6 Å². The van der Waals surface area contributed by atoms with E-state index >= 15 is 0 Å². The van der Waals surface area contributed by atoms with Crippen molar-refractivity contribution >= 4 is 54.7 Å². The van der Waals surface area contributed by atoms with Crippen molar-refractivity contribution < 1.29 is 22.7 Å². The van der Waals surface area contributed by atoms with Crippen LogP contribution in [-0.4, -0.2) is 33.5 Å². The first-order valence-electron chi connectivity index (χ1n) is 11.3. The average molecular weight is 597 g/mol. The van der Waals surface area contributed by atoms with E-state index in [1.807, 2.05) is 25.1 Å². The van der Waals surface area contributed by atoms with Gasteiger partial charge in [-0.05, 0) is 89.1 Å². The summed E-state index contributed by atoms with van der Waals surface area (Å²) in [5.74, 6) is 0.921. The van der Waals surface area contributed by atoms with Crippen LogP contribution in [0, 0.1) is 6.92 Å². The Morgan fingerprint density at radius 1 is 0.868 bits per heavy atom. The van der Waals surface area contributed by atoms with Crippen molar-refractivity contribution in [2.24, 2.45) is 0 Å². The molecule has 1 aromatic heterocycles.